The van der Waals surface area contributed by atoms with Crippen LogP contribution in [0, 0.1) is 35.5 Å². The predicted octanol–water partition coefficient (Wildman–Crippen LogP) is -6.88. The van der Waals surface area contributed by atoms with Gasteiger partial charge in [0.05, 0.1) is 85.8 Å². The fraction of sp³-hybridized carbons (Fsp3) is 0.838. The average Bonchev–Trinajstić information content (AvgIpc) is 1.58. The molecule has 40 atom stereocenters. The maximum Gasteiger partial charge on any atom is 0.330 e. The van der Waals surface area contributed by atoms with Crippen molar-refractivity contribution in [1.29, 1.82) is 0 Å². The van der Waals surface area contributed by atoms with E-state index >= 15 is 0 Å². The molecule has 5 aliphatic heterocycles. The third kappa shape index (κ3) is 22.5. The molecule has 630 valence electrons. The molecule has 0 radical (unpaired) electrons. The van der Waals surface area contributed by atoms with Gasteiger partial charge in [0.1, 0.15) is 111 Å². The number of hydrogen-bond donors (Lipinski definition) is 20. The van der Waals surface area contributed by atoms with Crippen LogP contribution in [0.3, 0.4) is 0 Å². The fourth-order valence-electron chi connectivity index (χ4n) is 17.1. The summed E-state index contributed by atoms with van der Waals surface area (Å²) in [6.45, 7) is -2.66. The molecule has 5 saturated heterocycles. The van der Waals surface area contributed by atoms with Crippen molar-refractivity contribution < 1.29 is 183 Å². The fourth-order valence-corrected chi connectivity index (χ4v) is 17.1. The minimum atomic E-state index is -2.05. The molecule has 0 aromatic rings. The number of aliphatic hydroxyl groups is 22. The summed E-state index contributed by atoms with van der Waals surface area (Å²) in [6.07, 6.45) is -35.4. The van der Waals surface area contributed by atoms with E-state index in [4.69, 9.17) is 61.6 Å². The number of allylic oxidation sites excluding steroid dienone is 4. The van der Waals surface area contributed by atoms with Crippen LogP contribution < -0.4 is 0 Å². The first-order chi connectivity index (χ1) is 52.9. The maximum atomic E-state index is 13.5. The Morgan fingerprint density at radius 3 is 1.12 bits per heavy atom. The summed E-state index contributed by atoms with van der Waals surface area (Å²) in [5.41, 5.74) is 0. The summed E-state index contributed by atoms with van der Waals surface area (Å²) < 4.78 is 76.4. The van der Waals surface area contributed by atoms with Crippen LogP contribution in [-0.4, -0.2) is 365 Å². The van der Waals surface area contributed by atoms with Gasteiger partial charge in [-0.3, -0.25) is 0 Å². The minimum absolute atomic E-state index is 0.00720. The van der Waals surface area contributed by atoms with E-state index in [1.807, 2.05) is 0 Å². The second kappa shape index (κ2) is 39.8. The highest BCUT2D eigenvalue weighted by atomic mass is 16.8. The van der Waals surface area contributed by atoms with Crippen molar-refractivity contribution in [2.45, 2.75) is 324 Å². The lowest BCUT2D eigenvalue weighted by Gasteiger charge is -2.50. The molecule has 37 heteroatoms. The number of ether oxygens (including phenoxy) is 13. The molecule has 6 saturated carbocycles. The van der Waals surface area contributed by atoms with Crippen LogP contribution in [0.2, 0.25) is 0 Å². The van der Waals surface area contributed by atoms with Crippen LogP contribution in [0.1, 0.15) is 116 Å². The first kappa shape index (κ1) is 87.5. The third-order valence-electron chi connectivity index (χ3n) is 23.9. The normalized spacial score (nSPS) is 47.5. The van der Waals surface area contributed by atoms with Gasteiger partial charge in [0.15, 0.2) is 43.5 Å². The van der Waals surface area contributed by atoms with E-state index in [2.05, 4.69) is 0 Å². The number of carbonyl (C=O) groups is 4. The molecule has 0 aromatic heterocycles. The Labute approximate surface area is 639 Å². The van der Waals surface area contributed by atoms with Gasteiger partial charge < -0.3 is 164 Å². The smallest absolute Gasteiger partial charge is 0.330 e. The Kier molecular flexibility index (Phi) is 31.3. The first-order valence-electron chi connectivity index (χ1n) is 38.8. The standard InChI is InChI=1S/C74H112O37/c75-38-10-1-31(19-44(38)81)5-15-55(85)99-27-51-59(89)63(93)66(96)71(107-51)103-36-24-43(80)37-26-50(69(104-48(37)25-36)35-9-14-42(79)49(23-35)105-72-67(97)64(94)60(90)52(108-72)28-100-56(86)16-6-32-2-11-39(76)45(82)20-32)106-73-68(98)65(95)61(91)53(109-73)30-102-74-70(111-58(88)18-8-34-4-13-41(78)47(84)22-34)62(92)54(110-74)29-101-57(87)17-7-33-3-12-40(77)46(83)21-33/h5-8,15-18,31-54,59-84,89-98H,1-4,9-14,19-30H2/p+1. The van der Waals surface area contributed by atoms with Gasteiger partial charge in [-0.1, -0.05) is 24.3 Å². The zero-order valence-corrected chi connectivity index (χ0v) is 61.2. The highest BCUT2D eigenvalue weighted by molar-refractivity contribution is 5.83. The summed E-state index contributed by atoms with van der Waals surface area (Å²) in [5.74, 6) is -6.21. The second-order valence-electron chi connectivity index (χ2n) is 31.9. The molecule has 0 aromatic carbocycles. The van der Waals surface area contributed by atoms with Crippen LogP contribution in [0.5, 0.6) is 0 Å². The average molecular weight is 1590 g/mol. The van der Waals surface area contributed by atoms with Crippen LogP contribution in [0.4, 0.5) is 0 Å². The largest absolute Gasteiger partial charge is 0.460 e. The summed E-state index contributed by atoms with van der Waals surface area (Å²) in [7, 11) is 0. The van der Waals surface area contributed by atoms with Crippen molar-refractivity contribution in [3.05, 3.63) is 48.6 Å². The SMILES string of the molecule is O=C(C=CC1CCC(O)C(O)C1)OCC1OC(OC2CC(O)C3CC(OC4OC(COC5OC(COC(=O)C=CC6CCC(O)C(O)C6)C(O)C5OC(=O)C=CC5CCC(O)C(O)C5)C(O)C(O)C4O)C(C4CCC(O)C(OC5OC(COC(=O)C=CC6CCC(O)C(O)C6)C(O)C(O)C5O)C4)[OH+]C3C2)C(O)C(O)C1O. The molecular weight excluding hydrogens is 1480 g/mol. The number of esters is 4. The highest BCUT2D eigenvalue weighted by Crippen LogP contribution is 2.45. The molecule has 6 aliphatic carbocycles. The Morgan fingerprint density at radius 2 is 0.694 bits per heavy atom. The Balaban J connectivity index is 0.785. The molecule has 0 spiro atoms. The Morgan fingerprint density at radius 1 is 0.324 bits per heavy atom. The lowest BCUT2D eigenvalue weighted by molar-refractivity contribution is -0.366. The van der Waals surface area contributed by atoms with E-state index in [0.29, 0.717) is 44.9 Å². The van der Waals surface area contributed by atoms with Crippen LogP contribution in [-0.2, 0) is 76.0 Å². The van der Waals surface area contributed by atoms with Crippen LogP contribution in [0.15, 0.2) is 48.6 Å². The molecule has 5 heterocycles. The molecule has 11 rings (SSSR count). The summed E-state index contributed by atoms with van der Waals surface area (Å²) in [5, 5.41) is 218. The number of carbonyl (C=O) groups excluding carboxylic acids is 4. The number of hydrogen-bond acceptors (Lipinski definition) is 36. The van der Waals surface area contributed by atoms with Crippen molar-refractivity contribution in [1.82, 2.24) is 0 Å². The number of aliphatic hydroxyl groups excluding tert-OH is 20. The van der Waals surface area contributed by atoms with Gasteiger partial charge >= 0.3 is 23.9 Å². The van der Waals surface area contributed by atoms with E-state index in [1.165, 1.54) is 24.3 Å². The molecular formula is C74H113O37+. The summed E-state index contributed by atoms with van der Waals surface area (Å²) >= 11 is 0. The Bertz CT molecular complexity index is 3110. The zero-order chi connectivity index (χ0) is 79.8. The zero-order valence-electron chi connectivity index (χ0n) is 61.2. The molecule has 40 unspecified atom stereocenters. The van der Waals surface area contributed by atoms with E-state index < -0.39 is 270 Å². The lowest BCUT2D eigenvalue weighted by Crippen LogP contribution is -2.64. The van der Waals surface area contributed by atoms with E-state index in [1.54, 1.807) is 0 Å². The lowest BCUT2D eigenvalue weighted by atomic mass is 9.72. The van der Waals surface area contributed by atoms with Crippen molar-refractivity contribution in [2.75, 3.05) is 26.4 Å². The molecule has 111 heavy (non-hydrogen) atoms. The van der Waals surface area contributed by atoms with E-state index in [9.17, 15) is 121 Å². The van der Waals surface area contributed by atoms with Gasteiger partial charge in [-0.15, -0.1) is 0 Å². The number of rotatable bonds is 25. The second-order valence-corrected chi connectivity index (χ2v) is 31.9. The van der Waals surface area contributed by atoms with Gasteiger partial charge in [0, 0.05) is 43.1 Å². The highest BCUT2D eigenvalue weighted by Gasteiger charge is 2.58. The number of fused-ring (bicyclic) bond motifs is 1. The molecule has 37 nitrogen and oxygen atoms in total. The topological polar surface area (TPSA) is 596 Å². The molecule has 11 fully saturated rings. The van der Waals surface area contributed by atoms with Gasteiger partial charge in [-0.05, 0) is 126 Å². The Hall–Kier alpha value is -4.32. The van der Waals surface area contributed by atoms with Crippen LogP contribution in [0.25, 0.3) is 0 Å². The van der Waals surface area contributed by atoms with E-state index in [0.717, 1.165) is 24.3 Å². The van der Waals surface area contributed by atoms with Gasteiger partial charge in [-0.2, -0.15) is 0 Å². The van der Waals surface area contributed by atoms with Crippen molar-refractivity contribution in [3.63, 3.8) is 0 Å². The summed E-state index contributed by atoms with van der Waals surface area (Å²) in [4.78, 5) is 52.2. The molecule has 21 N–H and O–H groups in total. The van der Waals surface area contributed by atoms with Gasteiger partial charge in [0.25, 0.3) is 0 Å². The van der Waals surface area contributed by atoms with Crippen molar-refractivity contribution in [3.8, 4) is 0 Å². The molecule has 0 bridgehead atoms. The van der Waals surface area contributed by atoms with Crippen molar-refractivity contribution in [2.24, 2.45) is 35.5 Å². The monoisotopic (exact) mass is 1590 g/mol. The van der Waals surface area contributed by atoms with E-state index in [-0.39, 0.29) is 94.3 Å². The van der Waals surface area contributed by atoms with Gasteiger partial charge in [-0.25, -0.2) is 19.2 Å². The quantitative estimate of drug-likeness (QED) is 0.0175. The molecule has 11 aliphatic rings. The maximum absolute atomic E-state index is 13.5. The van der Waals surface area contributed by atoms with Crippen molar-refractivity contribution >= 4 is 23.9 Å². The summed E-state index contributed by atoms with van der Waals surface area (Å²) in [6, 6.07) is 0. The van der Waals surface area contributed by atoms with Gasteiger partial charge in [0.2, 0.25) is 0 Å². The van der Waals surface area contributed by atoms with Crippen LogP contribution >= 0.6 is 0 Å². The first-order valence-corrected chi connectivity index (χ1v) is 38.8. The minimum Gasteiger partial charge on any atom is -0.460 e. The third-order valence-corrected chi connectivity index (χ3v) is 23.9. The predicted molar refractivity (Wildman–Crippen MR) is 369 cm³/mol. The molecule has 0 amide bonds.